The van der Waals surface area contributed by atoms with Gasteiger partial charge in [-0.2, -0.15) is 0 Å². The molecule has 2 heterocycles. The number of halogens is 3. The van der Waals surface area contributed by atoms with Crippen molar-refractivity contribution in [3.05, 3.63) is 62.3 Å². The van der Waals surface area contributed by atoms with Crippen molar-refractivity contribution in [1.82, 2.24) is 9.55 Å². The first-order valence-corrected chi connectivity index (χ1v) is 10.8. The van der Waals surface area contributed by atoms with E-state index < -0.39 is 52.2 Å². The fourth-order valence-corrected chi connectivity index (χ4v) is 4.76. The molecule has 3 unspecified atom stereocenters. The van der Waals surface area contributed by atoms with E-state index in [1.807, 2.05) is 0 Å². The van der Waals surface area contributed by atoms with E-state index in [0.717, 1.165) is 12.1 Å². The van der Waals surface area contributed by atoms with Crippen molar-refractivity contribution < 1.29 is 28.1 Å². The Morgan fingerprint density at radius 3 is 2.44 bits per heavy atom. The van der Waals surface area contributed by atoms with Gasteiger partial charge in [0, 0.05) is 25.0 Å². The largest absolute Gasteiger partial charge is 0.504 e. The Kier molecular flexibility index (Phi) is 5.31. The average molecular weight is 477 g/mol. The lowest BCUT2D eigenvalue weighted by Gasteiger charge is -2.25. The Bertz CT molecular complexity index is 1380. The fraction of sp³-hybridized carbons (Fsp3) is 0.391. The molecule has 1 aromatic heterocycles. The van der Waals surface area contributed by atoms with Gasteiger partial charge in [0.25, 0.3) is 5.56 Å². The van der Waals surface area contributed by atoms with E-state index in [9.17, 15) is 24.2 Å². The number of aromatic amines is 1. The van der Waals surface area contributed by atoms with Crippen molar-refractivity contribution in [2.75, 3.05) is 25.1 Å². The molecule has 0 spiro atoms. The van der Waals surface area contributed by atoms with Crippen molar-refractivity contribution in [3.8, 4) is 11.5 Å². The summed E-state index contributed by atoms with van der Waals surface area (Å²) in [4.78, 5) is 28.4. The SMILES string of the molecule is COc1c(N2CC(F)C(C(O)c3ccc(F)cc3)C2)c(F)c(O)c2c(=O)[nH]c(=O)n(C3CC3)c12. The summed E-state index contributed by atoms with van der Waals surface area (Å²) >= 11 is 0. The van der Waals surface area contributed by atoms with Crippen LogP contribution in [0.1, 0.15) is 30.6 Å². The number of hydrogen-bond acceptors (Lipinski definition) is 6. The number of ether oxygens (including phenoxy) is 1. The summed E-state index contributed by atoms with van der Waals surface area (Å²) in [7, 11) is 1.23. The molecule has 0 bridgehead atoms. The number of anilines is 1. The van der Waals surface area contributed by atoms with Crippen LogP contribution in [0, 0.1) is 17.6 Å². The van der Waals surface area contributed by atoms with Crippen LogP contribution in [0.2, 0.25) is 0 Å². The second-order valence-corrected chi connectivity index (χ2v) is 8.71. The summed E-state index contributed by atoms with van der Waals surface area (Å²) in [5, 5.41) is 20.9. The lowest BCUT2D eigenvalue weighted by Crippen LogP contribution is -2.31. The highest BCUT2D eigenvalue weighted by atomic mass is 19.1. The molecule has 1 saturated carbocycles. The van der Waals surface area contributed by atoms with Gasteiger partial charge < -0.3 is 19.8 Å². The number of hydrogen-bond donors (Lipinski definition) is 3. The lowest BCUT2D eigenvalue weighted by atomic mass is 9.94. The van der Waals surface area contributed by atoms with Crippen LogP contribution in [0.5, 0.6) is 11.5 Å². The number of alkyl halides is 1. The summed E-state index contributed by atoms with van der Waals surface area (Å²) in [6.07, 6.45) is -1.58. The second-order valence-electron chi connectivity index (χ2n) is 8.71. The van der Waals surface area contributed by atoms with E-state index in [1.54, 1.807) is 0 Å². The van der Waals surface area contributed by atoms with Gasteiger partial charge >= 0.3 is 5.69 Å². The Labute approximate surface area is 190 Å². The zero-order valence-corrected chi connectivity index (χ0v) is 18.1. The average Bonchev–Trinajstić information content (AvgIpc) is 3.56. The Morgan fingerprint density at radius 2 is 1.82 bits per heavy atom. The quantitative estimate of drug-likeness (QED) is 0.521. The van der Waals surface area contributed by atoms with Gasteiger partial charge in [-0.05, 0) is 30.5 Å². The second kappa shape index (κ2) is 8.08. The molecule has 180 valence electrons. The molecule has 1 saturated heterocycles. The zero-order chi connectivity index (χ0) is 24.3. The molecule has 0 radical (unpaired) electrons. The molecule has 1 aliphatic carbocycles. The number of phenolic OH excluding ortho intramolecular Hbond substituents is 1. The van der Waals surface area contributed by atoms with Crippen molar-refractivity contribution in [3.63, 3.8) is 0 Å². The van der Waals surface area contributed by atoms with Gasteiger partial charge in [0.1, 0.15) is 28.6 Å². The van der Waals surface area contributed by atoms with Crippen molar-refractivity contribution >= 4 is 16.6 Å². The molecule has 34 heavy (non-hydrogen) atoms. The maximum Gasteiger partial charge on any atom is 0.329 e. The number of nitrogens with zero attached hydrogens (tertiary/aromatic N) is 2. The van der Waals surface area contributed by atoms with Gasteiger partial charge in [-0.25, -0.2) is 18.0 Å². The third-order valence-electron chi connectivity index (χ3n) is 6.57. The van der Waals surface area contributed by atoms with Gasteiger partial charge in [0.05, 0.1) is 13.2 Å². The number of aromatic nitrogens is 2. The molecule has 11 heteroatoms. The third-order valence-corrected chi connectivity index (χ3v) is 6.57. The van der Waals surface area contributed by atoms with Crippen molar-refractivity contribution in [2.45, 2.75) is 31.2 Å². The number of H-pyrrole nitrogens is 1. The minimum absolute atomic E-state index is 0.0643. The zero-order valence-electron chi connectivity index (χ0n) is 18.1. The van der Waals surface area contributed by atoms with Crippen LogP contribution >= 0.6 is 0 Å². The van der Waals surface area contributed by atoms with Crippen molar-refractivity contribution in [2.24, 2.45) is 5.92 Å². The summed E-state index contributed by atoms with van der Waals surface area (Å²) in [6.45, 7) is -0.493. The number of fused-ring (bicyclic) bond motifs is 1. The van der Waals surface area contributed by atoms with Crippen LogP contribution < -0.4 is 20.9 Å². The number of rotatable bonds is 5. The first-order chi connectivity index (χ1) is 16.2. The highest BCUT2D eigenvalue weighted by Gasteiger charge is 2.42. The molecule has 2 fully saturated rings. The number of aliphatic hydroxyl groups is 1. The molecule has 3 N–H and O–H groups in total. The monoisotopic (exact) mass is 477 g/mol. The van der Waals surface area contributed by atoms with Gasteiger partial charge in [0.2, 0.25) is 0 Å². The minimum Gasteiger partial charge on any atom is -0.504 e. The Hall–Kier alpha value is -3.47. The summed E-state index contributed by atoms with van der Waals surface area (Å²) in [5.41, 5.74) is -1.75. The van der Waals surface area contributed by atoms with E-state index in [4.69, 9.17) is 4.74 Å². The Morgan fingerprint density at radius 1 is 1.15 bits per heavy atom. The summed E-state index contributed by atoms with van der Waals surface area (Å²) in [5.74, 6) is -3.84. The molecular weight excluding hydrogens is 455 g/mol. The molecule has 1 aliphatic heterocycles. The molecule has 8 nitrogen and oxygen atoms in total. The first-order valence-electron chi connectivity index (χ1n) is 10.8. The lowest BCUT2D eigenvalue weighted by molar-refractivity contribution is 0.0799. The maximum atomic E-state index is 15.4. The first kappa shape index (κ1) is 22.3. The van der Waals surface area contributed by atoms with E-state index in [0.29, 0.717) is 18.4 Å². The number of nitrogens with one attached hydrogen (secondary N) is 1. The molecule has 3 aromatic rings. The smallest absolute Gasteiger partial charge is 0.329 e. The molecule has 0 amide bonds. The predicted molar refractivity (Wildman–Crippen MR) is 117 cm³/mol. The standard InChI is InChI=1S/C23H22F3N3O5/c1-34-21-17-15(22(32)27-23(33)29(17)12-6-7-12)20(31)16(26)18(21)28-8-13(14(25)9-28)19(30)10-2-4-11(24)5-3-10/h2-5,12-14,19,30-31H,6-9H2,1H3,(H,27,32,33). The number of methoxy groups -OCH3 is 1. The van der Waals surface area contributed by atoms with E-state index in [-0.39, 0.29) is 36.1 Å². The van der Waals surface area contributed by atoms with E-state index >= 15 is 8.78 Å². The third kappa shape index (κ3) is 3.42. The maximum absolute atomic E-state index is 15.4. The van der Waals surface area contributed by atoms with Gasteiger partial charge in [-0.1, -0.05) is 12.1 Å². The van der Waals surface area contributed by atoms with Crippen molar-refractivity contribution in [1.29, 1.82) is 0 Å². The molecule has 2 aliphatic rings. The van der Waals surface area contributed by atoms with Crippen LogP contribution in [0.15, 0.2) is 33.9 Å². The van der Waals surface area contributed by atoms with Gasteiger partial charge in [-0.3, -0.25) is 14.3 Å². The van der Waals surface area contributed by atoms with E-state index in [2.05, 4.69) is 4.98 Å². The van der Waals surface area contributed by atoms with Crippen LogP contribution in [-0.2, 0) is 0 Å². The van der Waals surface area contributed by atoms with Gasteiger partial charge in [0.15, 0.2) is 17.3 Å². The number of aliphatic hydroxyl groups excluding tert-OH is 1. The Balaban J connectivity index is 1.64. The summed E-state index contributed by atoms with van der Waals surface area (Å²) < 4.78 is 50.4. The predicted octanol–water partition coefficient (Wildman–Crippen LogP) is 2.53. The van der Waals surface area contributed by atoms with Crippen LogP contribution in [0.25, 0.3) is 10.9 Å². The number of phenols is 1. The topological polar surface area (TPSA) is 108 Å². The number of aromatic hydroxyl groups is 1. The number of benzene rings is 2. The highest BCUT2D eigenvalue weighted by molar-refractivity contribution is 5.96. The molecule has 2 aromatic carbocycles. The fourth-order valence-electron chi connectivity index (χ4n) is 4.76. The van der Waals surface area contributed by atoms with Crippen LogP contribution in [0.3, 0.4) is 0 Å². The molecule has 3 atom stereocenters. The molecule has 5 rings (SSSR count). The summed E-state index contributed by atoms with van der Waals surface area (Å²) in [6, 6.07) is 4.74. The van der Waals surface area contributed by atoms with E-state index in [1.165, 1.54) is 28.7 Å². The normalized spacial score (nSPS) is 21.3. The molecular formula is C23H22F3N3O5. The minimum atomic E-state index is -1.59. The van der Waals surface area contributed by atoms with Crippen LogP contribution in [-0.4, -0.2) is 46.1 Å². The van der Waals surface area contributed by atoms with Gasteiger partial charge in [-0.15, -0.1) is 0 Å². The highest BCUT2D eigenvalue weighted by Crippen LogP contribution is 2.48. The van der Waals surface area contributed by atoms with Crippen LogP contribution in [0.4, 0.5) is 18.9 Å².